The molecule has 3 nitrogen and oxygen atoms in total. The molecule has 1 aromatic rings. The number of fused-ring (bicyclic) bond motifs is 1. The van der Waals surface area contributed by atoms with Gasteiger partial charge in [0.05, 0.1) is 6.10 Å². The molecule has 1 aromatic carbocycles. The zero-order valence-corrected chi connectivity index (χ0v) is 11.9. The standard InChI is InChI=1S/C16H23NO2/c1-16(2)14(9-15(16)19-3)17-12-8-7-11-10(12)5-4-6-13(11)18/h4-6,12,14-15,17-18H,7-9H2,1-3H3. The van der Waals surface area contributed by atoms with Crippen molar-refractivity contribution in [2.24, 2.45) is 5.41 Å². The Balaban J connectivity index is 1.73. The number of ether oxygens (including phenoxy) is 1. The Morgan fingerprint density at radius 1 is 1.37 bits per heavy atom. The maximum atomic E-state index is 9.89. The van der Waals surface area contributed by atoms with Gasteiger partial charge in [-0.05, 0) is 36.5 Å². The van der Waals surface area contributed by atoms with Crippen LogP contribution in [-0.4, -0.2) is 24.4 Å². The summed E-state index contributed by atoms with van der Waals surface area (Å²) in [6.07, 6.45) is 3.49. The molecule has 1 fully saturated rings. The molecule has 3 heteroatoms. The number of aromatic hydroxyl groups is 1. The van der Waals surface area contributed by atoms with Gasteiger partial charge in [-0.15, -0.1) is 0 Å². The van der Waals surface area contributed by atoms with Gasteiger partial charge >= 0.3 is 0 Å². The summed E-state index contributed by atoms with van der Waals surface area (Å²) in [5.41, 5.74) is 2.59. The van der Waals surface area contributed by atoms with Crippen molar-refractivity contribution in [3.63, 3.8) is 0 Å². The summed E-state index contributed by atoms with van der Waals surface area (Å²) in [5, 5.41) is 13.7. The molecule has 104 valence electrons. The van der Waals surface area contributed by atoms with Crippen molar-refractivity contribution < 1.29 is 9.84 Å². The van der Waals surface area contributed by atoms with Crippen molar-refractivity contribution in [3.05, 3.63) is 29.3 Å². The lowest BCUT2D eigenvalue weighted by Gasteiger charge is -2.52. The molecule has 3 unspecified atom stereocenters. The Kier molecular flexibility index (Phi) is 3.06. The minimum atomic E-state index is 0.189. The lowest BCUT2D eigenvalue weighted by atomic mass is 9.64. The van der Waals surface area contributed by atoms with Crippen molar-refractivity contribution in [1.82, 2.24) is 5.32 Å². The number of hydrogen-bond acceptors (Lipinski definition) is 3. The Morgan fingerprint density at radius 2 is 2.16 bits per heavy atom. The van der Waals surface area contributed by atoms with E-state index in [-0.39, 0.29) is 5.41 Å². The van der Waals surface area contributed by atoms with Crippen LogP contribution in [0.5, 0.6) is 5.75 Å². The first-order valence-electron chi connectivity index (χ1n) is 7.13. The van der Waals surface area contributed by atoms with Gasteiger partial charge in [-0.2, -0.15) is 0 Å². The van der Waals surface area contributed by atoms with E-state index >= 15 is 0 Å². The van der Waals surface area contributed by atoms with Crippen LogP contribution in [0.4, 0.5) is 0 Å². The topological polar surface area (TPSA) is 41.5 Å². The third-order valence-electron chi connectivity index (χ3n) is 5.11. The van der Waals surface area contributed by atoms with Gasteiger partial charge in [-0.1, -0.05) is 26.0 Å². The summed E-state index contributed by atoms with van der Waals surface area (Å²) in [4.78, 5) is 0. The Morgan fingerprint density at radius 3 is 2.84 bits per heavy atom. The van der Waals surface area contributed by atoms with Crippen LogP contribution in [0.3, 0.4) is 0 Å². The van der Waals surface area contributed by atoms with Gasteiger partial charge in [0, 0.05) is 24.6 Å². The van der Waals surface area contributed by atoms with E-state index in [0.717, 1.165) is 24.8 Å². The highest BCUT2D eigenvalue weighted by Gasteiger charge is 2.49. The average molecular weight is 261 g/mol. The highest BCUT2D eigenvalue weighted by molar-refractivity contribution is 5.44. The van der Waals surface area contributed by atoms with E-state index in [2.05, 4.69) is 25.2 Å². The molecule has 3 rings (SSSR count). The Hall–Kier alpha value is -1.06. The number of rotatable bonds is 3. The molecule has 0 radical (unpaired) electrons. The second kappa shape index (κ2) is 4.50. The van der Waals surface area contributed by atoms with E-state index < -0.39 is 0 Å². The van der Waals surface area contributed by atoms with Gasteiger partial charge in [-0.3, -0.25) is 0 Å². The van der Waals surface area contributed by atoms with Crippen LogP contribution in [0.1, 0.15) is 43.9 Å². The number of benzene rings is 1. The van der Waals surface area contributed by atoms with Gasteiger partial charge < -0.3 is 15.2 Å². The highest BCUT2D eigenvalue weighted by Crippen LogP contribution is 2.45. The number of phenolic OH excluding ortho intramolecular Hbond substituents is 1. The minimum absolute atomic E-state index is 0.189. The van der Waals surface area contributed by atoms with Crippen LogP contribution in [0, 0.1) is 5.41 Å². The van der Waals surface area contributed by atoms with Gasteiger partial charge in [-0.25, -0.2) is 0 Å². The largest absolute Gasteiger partial charge is 0.508 e. The van der Waals surface area contributed by atoms with E-state index in [1.54, 1.807) is 13.2 Å². The maximum absolute atomic E-state index is 9.89. The van der Waals surface area contributed by atoms with Crippen LogP contribution >= 0.6 is 0 Å². The van der Waals surface area contributed by atoms with Gasteiger partial charge in [0.2, 0.25) is 0 Å². The van der Waals surface area contributed by atoms with E-state index in [0.29, 0.717) is 23.9 Å². The summed E-state index contributed by atoms with van der Waals surface area (Å²) in [5.74, 6) is 0.449. The lowest BCUT2D eigenvalue weighted by molar-refractivity contribution is -0.100. The first-order valence-corrected chi connectivity index (χ1v) is 7.13. The monoisotopic (exact) mass is 261 g/mol. The number of methoxy groups -OCH3 is 1. The van der Waals surface area contributed by atoms with Crippen LogP contribution in [0.25, 0.3) is 0 Å². The molecule has 0 bridgehead atoms. The maximum Gasteiger partial charge on any atom is 0.119 e. The molecular weight excluding hydrogens is 238 g/mol. The molecule has 0 aromatic heterocycles. The molecule has 0 spiro atoms. The summed E-state index contributed by atoms with van der Waals surface area (Å²) in [6, 6.07) is 6.74. The van der Waals surface area contributed by atoms with Crippen molar-refractivity contribution in [2.45, 2.75) is 51.3 Å². The third kappa shape index (κ3) is 1.96. The van der Waals surface area contributed by atoms with Crippen LogP contribution in [0.2, 0.25) is 0 Å². The average Bonchev–Trinajstić information content (AvgIpc) is 2.78. The molecule has 19 heavy (non-hydrogen) atoms. The highest BCUT2D eigenvalue weighted by atomic mass is 16.5. The van der Waals surface area contributed by atoms with E-state index in [9.17, 15) is 5.11 Å². The molecule has 3 atom stereocenters. The van der Waals surface area contributed by atoms with Gasteiger partial charge in [0.15, 0.2) is 0 Å². The zero-order valence-electron chi connectivity index (χ0n) is 11.9. The second-order valence-corrected chi connectivity index (χ2v) is 6.44. The fourth-order valence-electron chi connectivity index (χ4n) is 3.62. The molecule has 0 heterocycles. The minimum Gasteiger partial charge on any atom is -0.508 e. The first kappa shape index (κ1) is 12.9. The molecule has 2 N–H and O–H groups in total. The van der Waals surface area contributed by atoms with Gasteiger partial charge in [0.1, 0.15) is 5.75 Å². The Bertz CT molecular complexity index is 484. The summed E-state index contributed by atoms with van der Waals surface area (Å²) in [7, 11) is 1.80. The van der Waals surface area contributed by atoms with Crippen LogP contribution in [-0.2, 0) is 11.2 Å². The molecule has 0 saturated heterocycles. The number of nitrogens with one attached hydrogen (secondary N) is 1. The first-order chi connectivity index (χ1) is 9.04. The fraction of sp³-hybridized carbons (Fsp3) is 0.625. The predicted molar refractivity (Wildman–Crippen MR) is 75.3 cm³/mol. The van der Waals surface area contributed by atoms with Crippen molar-refractivity contribution >= 4 is 0 Å². The SMILES string of the molecule is COC1CC(NC2CCc3c(O)cccc32)C1(C)C. The summed E-state index contributed by atoms with van der Waals surface area (Å²) >= 11 is 0. The van der Waals surface area contributed by atoms with Crippen LogP contribution in [0.15, 0.2) is 18.2 Å². The third-order valence-corrected chi connectivity index (χ3v) is 5.11. The molecule has 0 aliphatic heterocycles. The summed E-state index contributed by atoms with van der Waals surface area (Å²) < 4.78 is 5.50. The molecule has 2 aliphatic rings. The normalized spacial score (nSPS) is 31.8. The predicted octanol–water partition coefficient (Wildman–Crippen LogP) is 2.78. The zero-order chi connectivity index (χ0) is 13.6. The quantitative estimate of drug-likeness (QED) is 0.879. The van der Waals surface area contributed by atoms with Crippen LogP contribution < -0.4 is 5.32 Å². The smallest absolute Gasteiger partial charge is 0.119 e. The molecular formula is C16H23NO2. The van der Waals surface area contributed by atoms with Gasteiger partial charge in [0.25, 0.3) is 0 Å². The van der Waals surface area contributed by atoms with Crippen molar-refractivity contribution in [2.75, 3.05) is 7.11 Å². The van der Waals surface area contributed by atoms with E-state index in [1.807, 2.05) is 6.07 Å². The second-order valence-electron chi connectivity index (χ2n) is 6.44. The molecule has 0 amide bonds. The van der Waals surface area contributed by atoms with Crippen molar-refractivity contribution in [3.8, 4) is 5.75 Å². The van der Waals surface area contributed by atoms with Crippen molar-refractivity contribution in [1.29, 1.82) is 0 Å². The lowest BCUT2D eigenvalue weighted by Crippen LogP contribution is -2.61. The van der Waals surface area contributed by atoms with E-state index in [1.165, 1.54) is 5.56 Å². The molecule has 1 saturated carbocycles. The Labute approximate surface area is 115 Å². The number of hydrogen-bond donors (Lipinski definition) is 2. The van der Waals surface area contributed by atoms with E-state index in [4.69, 9.17) is 4.74 Å². The number of phenols is 1. The fourth-order valence-corrected chi connectivity index (χ4v) is 3.62. The molecule has 2 aliphatic carbocycles. The summed E-state index contributed by atoms with van der Waals surface area (Å²) in [6.45, 7) is 4.53.